The first-order chi connectivity index (χ1) is 19.1. The maximum Gasteiger partial charge on any atom is 0.272 e. The average molecular weight is 598 g/mol. The Hall–Kier alpha value is -3.50. The lowest BCUT2D eigenvalue weighted by atomic mass is 10.0. The number of aliphatic hydroxyl groups is 1. The van der Waals surface area contributed by atoms with Crippen molar-refractivity contribution in [2.24, 2.45) is 0 Å². The second-order valence-electron chi connectivity index (χ2n) is 9.86. The third-order valence-electron chi connectivity index (χ3n) is 7.08. The minimum Gasteiger partial charge on any atom is -0.390 e. The lowest BCUT2D eigenvalue weighted by Gasteiger charge is -2.20. The molecule has 40 heavy (non-hydrogen) atoms. The molecule has 0 unspecified atom stereocenters. The third kappa shape index (κ3) is 4.94. The fourth-order valence-corrected chi connectivity index (χ4v) is 7.33. The predicted octanol–water partition coefficient (Wildman–Crippen LogP) is 5.18. The second kappa shape index (κ2) is 10.2. The molecule has 0 saturated carbocycles. The van der Waals surface area contributed by atoms with E-state index >= 15 is 0 Å². The summed E-state index contributed by atoms with van der Waals surface area (Å²) in [5, 5.41) is 18.8. The highest BCUT2D eigenvalue weighted by atomic mass is 35.5. The van der Waals surface area contributed by atoms with Crippen LogP contribution in [0.1, 0.15) is 44.5 Å². The number of hydrogen-bond donors (Lipinski definition) is 2. The van der Waals surface area contributed by atoms with Gasteiger partial charge in [-0.3, -0.25) is 4.79 Å². The van der Waals surface area contributed by atoms with Gasteiger partial charge in [0.1, 0.15) is 5.82 Å². The number of nitrogens with one attached hydrogen (secondary N) is 1. The largest absolute Gasteiger partial charge is 0.390 e. The monoisotopic (exact) mass is 597 g/mol. The number of carbonyl (C=O) groups excluding carboxylic acids is 1. The van der Waals surface area contributed by atoms with Gasteiger partial charge in [-0.15, -0.1) is 0 Å². The summed E-state index contributed by atoms with van der Waals surface area (Å²) < 4.78 is 41.2. The molecule has 11 heteroatoms. The van der Waals surface area contributed by atoms with Crippen LogP contribution in [0.3, 0.4) is 0 Å². The first-order valence-corrected chi connectivity index (χ1v) is 15.0. The van der Waals surface area contributed by atoms with Crippen LogP contribution < -0.4 is 5.32 Å². The molecule has 0 saturated heterocycles. The van der Waals surface area contributed by atoms with Crippen molar-refractivity contribution in [1.82, 2.24) is 15.1 Å². The smallest absolute Gasteiger partial charge is 0.272 e. The summed E-state index contributed by atoms with van der Waals surface area (Å²) >= 11 is 12.6. The zero-order valence-electron chi connectivity index (χ0n) is 20.8. The Balaban J connectivity index is 1.51. The average Bonchev–Trinajstić information content (AvgIpc) is 3.42. The van der Waals surface area contributed by atoms with Crippen LogP contribution in [0.2, 0.25) is 10.0 Å². The number of nitrogens with zero attached hydrogens (tertiary/aromatic N) is 2. The van der Waals surface area contributed by atoms with Gasteiger partial charge >= 0.3 is 0 Å². The van der Waals surface area contributed by atoms with Crippen LogP contribution in [-0.2, 0) is 22.0 Å². The molecule has 2 N–H and O–H groups in total. The van der Waals surface area contributed by atoms with Crippen LogP contribution in [0.15, 0.2) is 66.7 Å². The Kier molecular flexibility index (Phi) is 6.78. The summed E-state index contributed by atoms with van der Waals surface area (Å²) in [6, 6.07) is 17.1. The van der Waals surface area contributed by atoms with Gasteiger partial charge in [0.2, 0.25) is 0 Å². The van der Waals surface area contributed by atoms with Crippen molar-refractivity contribution in [3.8, 4) is 5.69 Å². The molecule has 4 aromatic rings. The molecular formula is C29H22Cl2FN3O4S. The van der Waals surface area contributed by atoms with Gasteiger partial charge in [0.25, 0.3) is 5.91 Å². The number of carbonyl (C=O) groups is 1. The van der Waals surface area contributed by atoms with Gasteiger partial charge < -0.3 is 10.4 Å². The molecule has 7 nitrogen and oxygen atoms in total. The first-order valence-electron chi connectivity index (χ1n) is 12.4. The Morgan fingerprint density at radius 3 is 2.58 bits per heavy atom. The van der Waals surface area contributed by atoms with Crippen LogP contribution >= 0.6 is 23.2 Å². The number of halogens is 3. The van der Waals surface area contributed by atoms with Crippen LogP contribution in [0.5, 0.6) is 0 Å². The molecule has 1 aromatic heterocycles. The van der Waals surface area contributed by atoms with Crippen LogP contribution in [0, 0.1) is 5.82 Å². The Morgan fingerprint density at radius 1 is 1.07 bits per heavy atom. The van der Waals surface area contributed by atoms with E-state index in [0.717, 1.165) is 11.1 Å². The number of fused-ring (bicyclic) bond motifs is 2. The Labute approximate surface area is 239 Å². The topological polar surface area (TPSA) is 101 Å². The van der Waals surface area contributed by atoms with Gasteiger partial charge in [0.05, 0.1) is 40.1 Å². The normalized spacial score (nSPS) is 20.2. The Bertz CT molecular complexity index is 1800. The first kappa shape index (κ1) is 26.7. The molecular weight excluding hydrogens is 576 g/mol. The summed E-state index contributed by atoms with van der Waals surface area (Å²) in [6.07, 6.45) is 1.17. The van der Waals surface area contributed by atoms with Gasteiger partial charge in [-0.1, -0.05) is 59.6 Å². The molecule has 2 heterocycles. The molecule has 6 rings (SSSR count). The summed E-state index contributed by atoms with van der Waals surface area (Å²) in [4.78, 5) is 13.7. The fraction of sp³-hybridized carbons (Fsp3) is 0.172. The van der Waals surface area contributed by atoms with Gasteiger partial charge in [0, 0.05) is 17.0 Å². The van der Waals surface area contributed by atoms with E-state index in [9.17, 15) is 22.7 Å². The zero-order chi connectivity index (χ0) is 28.2. The maximum atomic E-state index is 13.7. The summed E-state index contributed by atoms with van der Waals surface area (Å²) in [7, 11) is -3.68. The molecule has 0 spiro atoms. The molecule has 1 aliphatic heterocycles. The van der Waals surface area contributed by atoms with E-state index in [2.05, 4.69) is 10.4 Å². The van der Waals surface area contributed by atoms with Gasteiger partial charge in [0.15, 0.2) is 15.5 Å². The third-order valence-corrected chi connectivity index (χ3v) is 9.10. The van der Waals surface area contributed by atoms with Crippen LogP contribution in [0.4, 0.5) is 4.39 Å². The van der Waals surface area contributed by atoms with Gasteiger partial charge in [-0.25, -0.2) is 17.5 Å². The molecule has 2 aliphatic rings. The van der Waals surface area contributed by atoms with E-state index in [-0.39, 0.29) is 22.0 Å². The summed E-state index contributed by atoms with van der Waals surface area (Å²) in [5.74, 6) is -1.78. The molecule has 2 atom stereocenters. The molecule has 0 radical (unpaired) electrons. The standard InChI is InChI=1S/C29H22Cl2FN3O4S/c30-19-7-10-24(23(31)13-19)35-28-18(11-16-5-8-20(32)9-6-16)14-40(38,39)15-22(28)27(34-35)29(37)33-26-21-4-2-1-3-17(21)12-25(26)36/h1-11,13,25-26,36H,12,14-15H2,(H,33,37)/t25-,26+/m1/s1. The lowest BCUT2D eigenvalue weighted by molar-refractivity contribution is 0.0852. The van der Waals surface area contributed by atoms with E-state index < -0.39 is 39.5 Å². The van der Waals surface area contributed by atoms with E-state index in [1.807, 2.05) is 24.3 Å². The predicted molar refractivity (Wildman–Crippen MR) is 152 cm³/mol. The minimum absolute atomic E-state index is 0.0918. The number of aromatic nitrogens is 2. The van der Waals surface area contributed by atoms with Gasteiger partial charge in [-0.05, 0) is 58.7 Å². The second-order valence-corrected chi connectivity index (χ2v) is 12.8. The highest BCUT2D eigenvalue weighted by Crippen LogP contribution is 2.38. The number of amides is 1. The number of rotatable bonds is 4. The van der Waals surface area contributed by atoms with E-state index in [1.54, 1.807) is 18.2 Å². The summed E-state index contributed by atoms with van der Waals surface area (Å²) in [6.45, 7) is 0. The van der Waals surface area contributed by atoms with E-state index in [1.165, 1.54) is 35.0 Å². The molecule has 3 aromatic carbocycles. The van der Waals surface area contributed by atoms with E-state index in [4.69, 9.17) is 23.2 Å². The molecule has 1 aliphatic carbocycles. The number of aliphatic hydroxyl groups excluding tert-OH is 1. The van der Waals surface area contributed by atoms with Crippen molar-refractivity contribution in [2.45, 2.75) is 24.3 Å². The molecule has 1 amide bonds. The fourth-order valence-electron chi connectivity index (χ4n) is 5.33. The van der Waals surface area contributed by atoms with Crippen molar-refractivity contribution in [3.63, 3.8) is 0 Å². The molecule has 0 bridgehead atoms. The van der Waals surface area contributed by atoms with E-state index in [0.29, 0.717) is 34.0 Å². The maximum absolute atomic E-state index is 13.7. The molecule has 204 valence electrons. The van der Waals surface area contributed by atoms with Crippen LogP contribution in [-0.4, -0.2) is 41.1 Å². The Morgan fingerprint density at radius 2 is 1.82 bits per heavy atom. The van der Waals surface area contributed by atoms with Crippen molar-refractivity contribution in [1.29, 1.82) is 0 Å². The minimum atomic E-state index is -3.68. The van der Waals surface area contributed by atoms with Crippen LogP contribution in [0.25, 0.3) is 17.3 Å². The highest BCUT2D eigenvalue weighted by molar-refractivity contribution is 7.91. The van der Waals surface area contributed by atoms with Crippen molar-refractivity contribution < 1.29 is 22.7 Å². The quantitative estimate of drug-likeness (QED) is 0.338. The number of sulfone groups is 1. The summed E-state index contributed by atoms with van der Waals surface area (Å²) in [5.41, 5.74) is 3.59. The van der Waals surface area contributed by atoms with Crippen molar-refractivity contribution in [3.05, 3.63) is 116 Å². The number of hydrogen-bond acceptors (Lipinski definition) is 5. The highest BCUT2D eigenvalue weighted by Gasteiger charge is 2.38. The van der Waals surface area contributed by atoms with Crippen molar-refractivity contribution in [2.75, 3.05) is 5.75 Å². The van der Waals surface area contributed by atoms with Gasteiger partial charge in [-0.2, -0.15) is 5.10 Å². The lowest BCUT2D eigenvalue weighted by Crippen LogP contribution is -2.35. The molecule has 0 fully saturated rings. The zero-order valence-corrected chi connectivity index (χ0v) is 23.1. The van der Waals surface area contributed by atoms with Crippen molar-refractivity contribution >= 4 is 50.6 Å². The number of benzene rings is 3. The SMILES string of the molecule is O=C(N[C@H]1c2ccccc2C[C@H]1O)c1nn(-c2ccc(Cl)cc2Cl)c2c1CS(=O)(=O)CC2=Cc1ccc(F)cc1.